The molecule has 118 valence electrons. The molecule has 1 aliphatic rings. The Labute approximate surface area is 125 Å². The van der Waals surface area contributed by atoms with Gasteiger partial charge in [-0.15, -0.1) is 0 Å². The first-order chi connectivity index (χ1) is 9.17. The van der Waals surface area contributed by atoms with E-state index in [-0.39, 0.29) is 5.91 Å². The average molecular weight is 282 g/mol. The van der Waals surface area contributed by atoms with Gasteiger partial charge in [0, 0.05) is 12.1 Å². The van der Waals surface area contributed by atoms with Gasteiger partial charge < -0.3 is 10.6 Å². The number of hydrogen-bond acceptors (Lipinski definition) is 2. The summed E-state index contributed by atoms with van der Waals surface area (Å²) in [6.07, 6.45) is 5.60. The Balaban J connectivity index is 2.43. The Morgan fingerprint density at radius 1 is 1.10 bits per heavy atom. The minimum absolute atomic E-state index is 0.139. The molecule has 2 N–H and O–H groups in total. The largest absolute Gasteiger partial charge is 0.352 e. The number of carbonyl (C=O) groups is 1. The van der Waals surface area contributed by atoms with Gasteiger partial charge in [-0.05, 0) is 42.9 Å². The van der Waals surface area contributed by atoms with E-state index in [1.165, 1.54) is 6.42 Å². The van der Waals surface area contributed by atoms with Gasteiger partial charge in [-0.2, -0.15) is 0 Å². The van der Waals surface area contributed by atoms with Gasteiger partial charge in [0.2, 0.25) is 5.91 Å². The molecule has 0 spiro atoms. The second-order valence-corrected chi connectivity index (χ2v) is 8.07. The monoisotopic (exact) mass is 282 g/mol. The Morgan fingerprint density at radius 3 is 2.05 bits per heavy atom. The topological polar surface area (TPSA) is 41.1 Å². The Kier molecular flexibility index (Phi) is 6.06. The third-order valence-electron chi connectivity index (χ3n) is 4.46. The fourth-order valence-corrected chi connectivity index (χ4v) is 4.00. The summed E-state index contributed by atoms with van der Waals surface area (Å²) < 4.78 is 0. The third kappa shape index (κ3) is 5.82. The molecule has 0 aliphatic heterocycles. The first-order valence-electron chi connectivity index (χ1n) is 8.20. The maximum Gasteiger partial charge on any atom is 0.234 e. The minimum Gasteiger partial charge on any atom is -0.352 e. The van der Waals surface area contributed by atoms with Crippen LogP contribution in [-0.4, -0.2) is 24.5 Å². The van der Waals surface area contributed by atoms with Crippen molar-refractivity contribution < 1.29 is 4.79 Å². The normalized spacial score (nSPS) is 21.9. The number of amides is 1. The van der Waals surface area contributed by atoms with E-state index < -0.39 is 0 Å². The maximum atomic E-state index is 12.0. The predicted octanol–water partition coefficient (Wildman–Crippen LogP) is 3.49. The van der Waals surface area contributed by atoms with Crippen LogP contribution in [0.2, 0.25) is 0 Å². The average Bonchev–Trinajstić information content (AvgIpc) is 2.29. The SMILES string of the molecule is CCC(CC)NC(=O)CNC1CC(C)(C)CC(C)(C)C1. The Morgan fingerprint density at radius 2 is 1.60 bits per heavy atom. The summed E-state index contributed by atoms with van der Waals surface area (Å²) in [5.74, 6) is 0.139. The van der Waals surface area contributed by atoms with Gasteiger partial charge in [0.15, 0.2) is 0 Å². The van der Waals surface area contributed by atoms with E-state index in [9.17, 15) is 4.79 Å². The second-order valence-electron chi connectivity index (χ2n) is 8.07. The lowest BCUT2D eigenvalue weighted by molar-refractivity contribution is -0.121. The van der Waals surface area contributed by atoms with E-state index >= 15 is 0 Å². The lowest BCUT2D eigenvalue weighted by Gasteiger charge is -2.45. The van der Waals surface area contributed by atoms with Crippen LogP contribution in [0.25, 0.3) is 0 Å². The lowest BCUT2D eigenvalue weighted by atomic mass is 9.63. The van der Waals surface area contributed by atoms with Crippen molar-refractivity contribution in [3.05, 3.63) is 0 Å². The molecule has 20 heavy (non-hydrogen) atoms. The van der Waals surface area contributed by atoms with Crippen LogP contribution in [0.5, 0.6) is 0 Å². The smallest absolute Gasteiger partial charge is 0.234 e. The van der Waals surface area contributed by atoms with Crippen LogP contribution in [0.4, 0.5) is 0 Å². The van der Waals surface area contributed by atoms with Crippen molar-refractivity contribution in [2.24, 2.45) is 10.8 Å². The minimum atomic E-state index is 0.139. The van der Waals surface area contributed by atoms with Crippen LogP contribution in [0.3, 0.4) is 0 Å². The zero-order valence-electron chi connectivity index (χ0n) is 14.3. The highest BCUT2D eigenvalue weighted by molar-refractivity contribution is 5.78. The molecule has 3 heteroatoms. The van der Waals surface area contributed by atoms with Gasteiger partial charge in [0.25, 0.3) is 0 Å². The molecule has 1 aliphatic carbocycles. The molecule has 0 radical (unpaired) electrons. The summed E-state index contributed by atoms with van der Waals surface area (Å²) in [7, 11) is 0. The first kappa shape index (κ1) is 17.5. The van der Waals surface area contributed by atoms with Gasteiger partial charge in [-0.3, -0.25) is 4.79 Å². The first-order valence-corrected chi connectivity index (χ1v) is 8.20. The van der Waals surface area contributed by atoms with Gasteiger partial charge in [0.05, 0.1) is 6.54 Å². The molecule has 0 heterocycles. The molecule has 3 nitrogen and oxygen atoms in total. The van der Waals surface area contributed by atoms with E-state index in [0.717, 1.165) is 25.7 Å². The van der Waals surface area contributed by atoms with Crippen molar-refractivity contribution in [2.45, 2.75) is 85.7 Å². The van der Waals surface area contributed by atoms with Crippen LogP contribution in [-0.2, 0) is 4.79 Å². The molecular formula is C17H34N2O. The zero-order chi connectivity index (χ0) is 15.4. The molecule has 1 amide bonds. The fourth-order valence-electron chi connectivity index (χ4n) is 4.00. The maximum absolute atomic E-state index is 12.0. The summed E-state index contributed by atoms with van der Waals surface area (Å²) >= 11 is 0. The molecule has 0 unspecified atom stereocenters. The standard InChI is InChI=1S/C17H34N2O/c1-7-13(8-2)19-15(20)11-18-14-9-16(3,4)12-17(5,6)10-14/h13-14,18H,7-12H2,1-6H3,(H,19,20). The highest BCUT2D eigenvalue weighted by Gasteiger charge is 2.38. The van der Waals surface area contributed by atoms with E-state index in [0.29, 0.717) is 29.5 Å². The number of hydrogen-bond donors (Lipinski definition) is 2. The van der Waals surface area contributed by atoms with E-state index in [4.69, 9.17) is 0 Å². The third-order valence-corrected chi connectivity index (χ3v) is 4.46. The summed E-state index contributed by atoms with van der Waals surface area (Å²) in [5.41, 5.74) is 0.733. The fraction of sp³-hybridized carbons (Fsp3) is 0.941. The van der Waals surface area contributed by atoms with Gasteiger partial charge in [0.1, 0.15) is 0 Å². The lowest BCUT2D eigenvalue weighted by Crippen LogP contribution is -2.48. The Bertz CT molecular complexity index is 303. The van der Waals surface area contributed by atoms with Crippen molar-refractivity contribution in [2.75, 3.05) is 6.54 Å². The van der Waals surface area contributed by atoms with Crippen LogP contribution >= 0.6 is 0 Å². The van der Waals surface area contributed by atoms with Gasteiger partial charge in [-0.25, -0.2) is 0 Å². The summed E-state index contributed by atoms with van der Waals surface area (Å²) in [4.78, 5) is 12.0. The highest BCUT2D eigenvalue weighted by Crippen LogP contribution is 2.45. The van der Waals surface area contributed by atoms with E-state index in [2.05, 4.69) is 52.2 Å². The van der Waals surface area contributed by atoms with Crippen LogP contribution < -0.4 is 10.6 Å². The number of carbonyl (C=O) groups excluding carboxylic acids is 1. The molecule has 0 aromatic heterocycles. The van der Waals surface area contributed by atoms with Crippen molar-refractivity contribution in [3.8, 4) is 0 Å². The van der Waals surface area contributed by atoms with Crippen LogP contribution in [0.15, 0.2) is 0 Å². The van der Waals surface area contributed by atoms with Crippen LogP contribution in [0.1, 0.15) is 73.6 Å². The molecule has 1 rings (SSSR count). The summed E-state index contributed by atoms with van der Waals surface area (Å²) in [6.45, 7) is 14.1. The highest BCUT2D eigenvalue weighted by atomic mass is 16.1. The molecule has 1 fully saturated rings. The van der Waals surface area contributed by atoms with E-state index in [1.54, 1.807) is 0 Å². The number of rotatable bonds is 6. The van der Waals surface area contributed by atoms with Crippen molar-refractivity contribution >= 4 is 5.91 Å². The molecule has 1 saturated carbocycles. The van der Waals surface area contributed by atoms with E-state index in [1.807, 2.05) is 0 Å². The molecular weight excluding hydrogens is 248 g/mol. The molecule has 0 bridgehead atoms. The Hall–Kier alpha value is -0.570. The summed E-state index contributed by atoms with van der Waals surface area (Å²) in [5, 5.41) is 6.57. The predicted molar refractivity (Wildman–Crippen MR) is 85.7 cm³/mol. The molecule has 0 atom stereocenters. The van der Waals surface area contributed by atoms with Crippen molar-refractivity contribution in [1.29, 1.82) is 0 Å². The van der Waals surface area contributed by atoms with Gasteiger partial charge in [-0.1, -0.05) is 41.5 Å². The molecule has 0 aromatic carbocycles. The van der Waals surface area contributed by atoms with Crippen molar-refractivity contribution in [1.82, 2.24) is 10.6 Å². The zero-order valence-corrected chi connectivity index (χ0v) is 14.3. The van der Waals surface area contributed by atoms with Crippen LogP contribution in [0, 0.1) is 10.8 Å². The molecule has 0 saturated heterocycles. The molecule has 0 aromatic rings. The van der Waals surface area contributed by atoms with Gasteiger partial charge >= 0.3 is 0 Å². The second kappa shape index (κ2) is 6.93. The number of nitrogens with one attached hydrogen (secondary N) is 2. The summed E-state index contributed by atoms with van der Waals surface area (Å²) in [6, 6.07) is 0.782. The van der Waals surface area contributed by atoms with Crippen molar-refractivity contribution in [3.63, 3.8) is 0 Å². The quantitative estimate of drug-likeness (QED) is 0.783.